The van der Waals surface area contributed by atoms with Crippen LogP contribution < -0.4 is 10.6 Å². The van der Waals surface area contributed by atoms with Gasteiger partial charge in [-0.3, -0.25) is 5.41 Å². The Balaban J connectivity index is 3.22. The lowest BCUT2D eigenvalue weighted by Gasteiger charge is -2.32. The van der Waals surface area contributed by atoms with Crippen LogP contribution in [0.2, 0.25) is 0 Å². The van der Waals surface area contributed by atoms with Crippen LogP contribution in [-0.2, 0) is 0 Å². The standard InChI is InChI=1S/C15H25N3/c1-10(2)9-18(11(3)4)14-7-6-12(5)8-13(14)15(16)17/h6-8,10-11H,9H2,1-5H3,(H3,16,17). The summed E-state index contributed by atoms with van der Waals surface area (Å²) < 4.78 is 0. The molecule has 0 radical (unpaired) electrons. The predicted octanol–water partition coefficient (Wildman–Crippen LogP) is 3.15. The Labute approximate surface area is 111 Å². The van der Waals surface area contributed by atoms with E-state index in [2.05, 4.69) is 44.7 Å². The molecule has 0 spiro atoms. The minimum atomic E-state index is 0.142. The maximum Gasteiger partial charge on any atom is 0.124 e. The molecule has 0 saturated carbocycles. The van der Waals surface area contributed by atoms with E-state index in [0.717, 1.165) is 23.4 Å². The van der Waals surface area contributed by atoms with E-state index in [9.17, 15) is 0 Å². The Morgan fingerprint density at radius 3 is 2.33 bits per heavy atom. The van der Waals surface area contributed by atoms with E-state index >= 15 is 0 Å². The highest BCUT2D eigenvalue weighted by Crippen LogP contribution is 2.24. The Morgan fingerprint density at radius 2 is 1.89 bits per heavy atom. The Morgan fingerprint density at radius 1 is 1.28 bits per heavy atom. The summed E-state index contributed by atoms with van der Waals surface area (Å²) >= 11 is 0. The maximum atomic E-state index is 7.74. The molecule has 1 rings (SSSR count). The van der Waals surface area contributed by atoms with Crippen molar-refractivity contribution in [2.45, 2.75) is 40.7 Å². The van der Waals surface area contributed by atoms with Crippen LogP contribution in [0.5, 0.6) is 0 Å². The number of nitrogens with two attached hydrogens (primary N) is 1. The predicted molar refractivity (Wildman–Crippen MR) is 79.5 cm³/mol. The van der Waals surface area contributed by atoms with Gasteiger partial charge in [0, 0.05) is 23.8 Å². The van der Waals surface area contributed by atoms with Gasteiger partial charge in [-0.05, 0) is 38.8 Å². The monoisotopic (exact) mass is 247 g/mol. The second kappa shape index (κ2) is 5.89. The highest BCUT2D eigenvalue weighted by Gasteiger charge is 2.17. The number of hydrogen-bond donors (Lipinski definition) is 2. The minimum Gasteiger partial charge on any atom is -0.384 e. The van der Waals surface area contributed by atoms with Crippen LogP contribution in [0, 0.1) is 18.3 Å². The molecule has 0 unspecified atom stereocenters. The molecule has 0 aliphatic heterocycles. The molecule has 0 saturated heterocycles. The summed E-state index contributed by atoms with van der Waals surface area (Å²) in [6.45, 7) is 11.8. The minimum absolute atomic E-state index is 0.142. The average Bonchev–Trinajstić information content (AvgIpc) is 2.25. The lowest BCUT2D eigenvalue weighted by atomic mass is 10.0. The number of nitrogens with one attached hydrogen (secondary N) is 1. The van der Waals surface area contributed by atoms with Gasteiger partial charge in [0.1, 0.15) is 5.84 Å². The average molecular weight is 247 g/mol. The van der Waals surface area contributed by atoms with Gasteiger partial charge in [-0.15, -0.1) is 0 Å². The molecule has 0 aliphatic rings. The van der Waals surface area contributed by atoms with Crippen molar-refractivity contribution in [3.8, 4) is 0 Å². The van der Waals surface area contributed by atoms with Crippen LogP contribution in [0.25, 0.3) is 0 Å². The first-order valence-corrected chi connectivity index (χ1v) is 6.54. The molecule has 3 heteroatoms. The number of amidine groups is 1. The third kappa shape index (κ3) is 3.49. The van der Waals surface area contributed by atoms with Gasteiger partial charge in [0.25, 0.3) is 0 Å². The molecule has 3 N–H and O–H groups in total. The molecule has 0 aliphatic carbocycles. The van der Waals surface area contributed by atoms with E-state index in [0.29, 0.717) is 12.0 Å². The molecular formula is C15H25N3. The first-order chi connectivity index (χ1) is 8.32. The van der Waals surface area contributed by atoms with Gasteiger partial charge in [0.2, 0.25) is 0 Å². The van der Waals surface area contributed by atoms with Crippen molar-refractivity contribution in [3.63, 3.8) is 0 Å². The van der Waals surface area contributed by atoms with E-state index < -0.39 is 0 Å². The smallest absolute Gasteiger partial charge is 0.124 e. The van der Waals surface area contributed by atoms with E-state index in [1.807, 2.05) is 13.0 Å². The van der Waals surface area contributed by atoms with Crippen LogP contribution in [0.4, 0.5) is 5.69 Å². The van der Waals surface area contributed by atoms with Gasteiger partial charge >= 0.3 is 0 Å². The molecule has 0 aromatic heterocycles. The highest BCUT2D eigenvalue weighted by atomic mass is 15.2. The summed E-state index contributed by atoms with van der Waals surface area (Å²) in [5.74, 6) is 0.719. The molecule has 0 amide bonds. The summed E-state index contributed by atoms with van der Waals surface area (Å²) in [5, 5.41) is 7.74. The molecule has 18 heavy (non-hydrogen) atoms. The number of benzene rings is 1. The van der Waals surface area contributed by atoms with Gasteiger partial charge < -0.3 is 10.6 Å². The van der Waals surface area contributed by atoms with Gasteiger partial charge in [0.15, 0.2) is 0 Å². The Hall–Kier alpha value is -1.51. The van der Waals surface area contributed by atoms with E-state index in [4.69, 9.17) is 11.1 Å². The zero-order valence-electron chi connectivity index (χ0n) is 12.1. The van der Waals surface area contributed by atoms with Crippen molar-refractivity contribution < 1.29 is 0 Å². The topological polar surface area (TPSA) is 53.1 Å². The van der Waals surface area contributed by atoms with E-state index in [1.54, 1.807) is 0 Å². The zero-order chi connectivity index (χ0) is 13.9. The fraction of sp³-hybridized carbons (Fsp3) is 0.533. The van der Waals surface area contributed by atoms with Crippen LogP contribution >= 0.6 is 0 Å². The third-order valence-electron chi connectivity index (χ3n) is 2.94. The number of nitrogens with zero attached hydrogens (tertiary/aromatic N) is 1. The third-order valence-corrected chi connectivity index (χ3v) is 2.94. The fourth-order valence-electron chi connectivity index (χ4n) is 2.10. The molecule has 0 atom stereocenters. The maximum absolute atomic E-state index is 7.74. The van der Waals surface area contributed by atoms with Crippen molar-refractivity contribution in [2.75, 3.05) is 11.4 Å². The lowest BCUT2D eigenvalue weighted by Crippen LogP contribution is -2.35. The zero-order valence-corrected chi connectivity index (χ0v) is 12.1. The van der Waals surface area contributed by atoms with Gasteiger partial charge in [0.05, 0.1) is 0 Å². The second-order valence-corrected chi connectivity index (χ2v) is 5.57. The highest BCUT2D eigenvalue weighted by molar-refractivity contribution is 6.00. The largest absolute Gasteiger partial charge is 0.384 e. The molecule has 0 fully saturated rings. The molecule has 3 nitrogen and oxygen atoms in total. The number of anilines is 1. The van der Waals surface area contributed by atoms with Crippen molar-refractivity contribution >= 4 is 11.5 Å². The van der Waals surface area contributed by atoms with Gasteiger partial charge in [-0.25, -0.2) is 0 Å². The van der Waals surface area contributed by atoms with Crippen molar-refractivity contribution in [1.82, 2.24) is 0 Å². The van der Waals surface area contributed by atoms with Crippen molar-refractivity contribution in [1.29, 1.82) is 5.41 Å². The summed E-state index contributed by atoms with van der Waals surface area (Å²) in [4.78, 5) is 2.32. The number of hydrogen-bond acceptors (Lipinski definition) is 2. The number of rotatable bonds is 5. The van der Waals surface area contributed by atoms with Crippen LogP contribution in [-0.4, -0.2) is 18.4 Å². The SMILES string of the molecule is Cc1ccc(N(CC(C)C)C(C)C)c(C(=N)N)c1. The van der Waals surface area contributed by atoms with E-state index in [-0.39, 0.29) is 5.84 Å². The van der Waals surface area contributed by atoms with Crippen LogP contribution in [0.1, 0.15) is 38.8 Å². The molecule has 0 heterocycles. The van der Waals surface area contributed by atoms with Crippen molar-refractivity contribution in [3.05, 3.63) is 29.3 Å². The molecular weight excluding hydrogens is 222 g/mol. The first kappa shape index (κ1) is 14.6. The lowest BCUT2D eigenvalue weighted by molar-refractivity contribution is 0.571. The van der Waals surface area contributed by atoms with Crippen LogP contribution in [0.15, 0.2) is 18.2 Å². The van der Waals surface area contributed by atoms with Gasteiger partial charge in [-0.2, -0.15) is 0 Å². The molecule has 100 valence electrons. The second-order valence-electron chi connectivity index (χ2n) is 5.57. The quantitative estimate of drug-likeness (QED) is 0.620. The Kier molecular flexibility index (Phi) is 4.76. The van der Waals surface area contributed by atoms with E-state index in [1.165, 1.54) is 0 Å². The normalized spacial score (nSPS) is 11.1. The molecule has 1 aromatic carbocycles. The summed E-state index contributed by atoms with van der Waals surface area (Å²) in [5.41, 5.74) is 8.75. The Bertz CT molecular complexity index is 422. The van der Waals surface area contributed by atoms with Crippen LogP contribution in [0.3, 0.4) is 0 Å². The van der Waals surface area contributed by atoms with Crippen molar-refractivity contribution in [2.24, 2.45) is 11.7 Å². The fourth-order valence-corrected chi connectivity index (χ4v) is 2.10. The number of aryl methyl sites for hydroxylation is 1. The number of nitrogen functional groups attached to an aromatic ring is 1. The summed E-state index contributed by atoms with van der Waals surface area (Å²) in [6, 6.07) is 6.55. The first-order valence-electron chi connectivity index (χ1n) is 6.54. The summed E-state index contributed by atoms with van der Waals surface area (Å²) in [7, 11) is 0. The molecule has 0 bridgehead atoms. The molecule has 1 aromatic rings. The summed E-state index contributed by atoms with van der Waals surface area (Å²) in [6.07, 6.45) is 0. The van der Waals surface area contributed by atoms with Gasteiger partial charge in [-0.1, -0.05) is 25.5 Å².